The van der Waals surface area contributed by atoms with Gasteiger partial charge in [0.15, 0.2) is 0 Å². The molecule has 0 aliphatic heterocycles. The van der Waals surface area contributed by atoms with Crippen LogP contribution >= 0.6 is 0 Å². The van der Waals surface area contributed by atoms with Gasteiger partial charge in [0, 0.05) is 13.0 Å². The molecular weight excluding hydrogens is 278 g/mol. The zero-order valence-electron chi connectivity index (χ0n) is 11.7. The molecule has 0 aliphatic carbocycles. The minimum atomic E-state index is -0.490. The number of aromatic nitrogens is 5. The van der Waals surface area contributed by atoms with Gasteiger partial charge in [-0.2, -0.15) is 10.2 Å². The van der Waals surface area contributed by atoms with Gasteiger partial charge in [-0.15, -0.1) is 0 Å². The normalized spacial score (nSPS) is 10.6. The lowest BCUT2D eigenvalue weighted by molar-refractivity contribution is -0.386. The average molecular weight is 293 g/mol. The highest BCUT2D eigenvalue weighted by molar-refractivity contribution is 5.75. The molecule has 0 atom stereocenters. The Morgan fingerprint density at radius 2 is 2.29 bits per heavy atom. The highest BCUT2D eigenvalue weighted by Crippen LogP contribution is 2.21. The standard InChI is InChI=1S/C11H15N7O3/c1-7-11(18(20)21)8(2)17(16-7)5-10(19)12-4-3-9-13-6-14-15-9/h6H,3-5H2,1-2H3,(H,12,19)(H,13,14,15). The Kier molecular flexibility index (Phi) is 4.26. The molecule has 0 saturated carbocycles. The van der Waals surface area contributed by atoms with Crippen molar-refractivity contribution in [1.82, 2.24) is 30.3 Å². The van der Waals surface area contributed by atoms with Gasteiger partial charge < -0.3 is 5.32 Å². The second-order valence-corrected chi connectivity index (χ2v) is 4.47. The molecule has 2 heterocycles. The summed E-state index contributed by atoms with van der Waals surface area (Å²) in [5.41, 5.74) is 0.610. The molecule has 0 aliphatic rings. The largest absolute Gasteiger partial charge is 0.354 e. The van der Waals surface area contributed by atoms with E-state index in [0.717, 1.165) is 0 Å². The minimum absolute atomic E-state index is 0.0514. The van der Waals surface area contributed by atoms with Crippen molar-refractivity contribution in [3.63, 3.8) is 0 Å². The van der Waals surface area contributed by atoms with Crippen molar-refractivity contribution in [3.05, 3.63) is 33.7 Å². The van der Waals surface area contributed by atoms with Crippen LogP contribution < -0.4 is 5.32 Å². The third-order valence-corrected chi connectivity index (χ3v) is 2.97. The minimum Gasteiger partial charge on any atom is -0.354 e. The van der Waals surface area contributed by atoms with Crippen molar-refractivity contribution in [2.75, 3.05) is 6.54 Å². The molecule has 2 N–H and O–H groups in total. The molecule has 0 saturated heterocycles. The van der Waals surface area contributed by atoms with Crippen LogP contribution in [-0.4, -0.2) is 42.3 Å². The van der Waals surface area contributed by atoms with E-state index in [1.54, 1.807) is 13.8 Å². The molecule has 0 radical (unpaired) electrons. The Bertz CT molecular complexity index is 647. The van der Waals surface area contributed by atoms with E-state index < -0.39 is 4.92 Å². The molecule has 2 aromatic rings. The summed E-state index contributed by atoms with van der Waals surface area (Å²) < 4.78 is 1.33. The van der Waals surface area contributed by atoms with Gasteiger partial charge in [0.1, 0.15) is 30.1 Å². The number of amides is 1. The molecule has 0 fully saturated rings. The number of hydrogen-bond acceptors (Lipinski definition) is 6. The molecule has 112 valence electrons. The maximum atomic E-state index is 11.8. The molecular formula is C11H15N7O3. The molecule has 0 spiro atoms. The predicted octanol–water partition coefficient (Wildman–Crippen LogP) is -0.115. The monoisotopic (exact) mass is 293 g/mol. The van der Waals surface area contributed by atoms with E-state index >= 15 is 0 Å². The first-order chi connectivity index (χ1) is 9.99. The summed E-state index contributed by atoms with van der Waals surface area (Å²) in [6.45, 7) is 3.45. The number of carbonyl (C=O) groups is 1. The summed E-state index contributed by atoms with van der Waals surface area (Å²) in [4.78, 5) is 26.1. The Balaban J connectivity index is 1.91. The quantitative estimate of drug-likeness (QED) is 0.564. The SMILES string of the molecule is Cc1nn(CC(=O)NCCc2ncn[nH]2)c(C)c1[N+](=O)[O-]. The van der Waals surface area contributed by atoms with Crippen molar-refractivity contribution < 1.29 is 9.72 Å². The lowest BCUT2D eigenvalue weighted by Crippen LogP contribution is -2.30. The van der Waals surface area contributed by atoms with Gasteiger partial charge >= 0.3 is 5.69 Å². The number of aromatic amines is 1. The first kappa shape index (κ1) is 14.6. The number of carbonyl (C=O) groups excluding carboxylic acids is 1. The van der Waals surface area contributed by atoms with E-state index in [0.29, 0.717) is 30.2 Å². The Morgan fingerprint density at radius 1 is 1.52 bits per heavy atom. The van der Waals surface area contributed by atoms with Gasteiger partial charge in [0.25, 0.3) is 0 Å². The fourth-order valence-corrected chi connectivity index (χ4v) is 1.97. The van der Waals surface area contributed by atoms with Crippen molar-refractivity contribution in [2.24, 2.45) is 0 Å². The third-order valence-electron chi connectivity index (χ3n) is 2.97. The van der Waals surface area contributed by atoms with Crippen LogP contribution in [0.3, 0.4) is 0 Å². The number of hydrogen-bond donors (Lipinski definition) is 2. The van der Waals surface area contributed by atoms with Crippen LogP contribution in [0.1, 0.15) is 17.2 Å². The molecule has 0 bridgehead atoms. The van der Waals surface area contributed by atoms with Crippen LogP contribution in [-0.2, 0) is 17.8 Å². The van der Waals surface area contributed by atoms with Crippen LogP contribution in [0.2, 0.25) is 0 Å². The maximum absolute atomic E-state index is 11.8. The Hall–Kier alpha value is -2.78. The van der Waals surface area contributed by atoms with Crippen LogP contribution in [0.25, 0.3) is 0 Å². The zero-order valence-corrected chi connectivity index (χ0v) is 11.7. The van der Waals surface area contributed by atoms with E-state index in [4.69, 9.17) is 0 Å². The average Bonchev–Trinajstić information content (AvgIpc) is 2.99. The molecule has 0 unspecified atom stereocenters. The molecule has 0 aromatic carbocycles. The van der Waals surface area contributed by atoms with E-state index in [2.05, 4.69) is 25.6 Å². The van der Waals surface area contributed by atoms with Crippen LogP contribution in [0.15, 0.2) is 6.33 Å². The second kappa shape index (κ2) is 6.11. The summed E-state index contributed by atoms with van der Waals surface area (Å²) in [5.74, 6) is 0.409. The molecule has 21 heavy (non-hydrogen) atoms. The molecule has 2 rings (SSSR count). The highest BCUT2D eigenvalue weighted by atomic mass is 16.6. The third kappa shape index (κ3) is 3.41. The van der Waals surface area contributed by atoms with E-state index in [1.165, 1.54) is 11.0 Å². The maximum Gasteiger partial charge on any atom is 0.312 e. The topological polar surface area (TPSA) is 132 Å². The zero-order chi connectivity index (χ0) is 15.4. The lowest BCUT2D eigenvalue weighted by atomic mass is 10.3. The van der Waals surface area contributed by atoms with Crippen molar-refractivity contribution >= 4 is 11.6 Å². The van der Waals surface area contributed by atoms with Crippen LogP contribution in [0.5, 0.6) is 0 Å². The fourth-order valence-electron chi connectivity index (χ4n) is 1.97. The van der Waals surface area contributed by atoms with Crippen molar-refractivity contribution in [3.8, 4) is 0 Å². The van der Waals surface area contributed by atoms with E-state index in [9.17, 15) is 14.9 Å². The van der Waals surface area contributed by atoms with Crippen LogP contribution in [0, 0.1) is 24.0 Å². The summed E-state index contributed by atoms with van der Waals surface area (Å²) in [5, 5.41) is 24.0. The number of H-pyrrole nitrogens is 1. The molecule has 10 heteroatoms. The van der Waals surface area contributed by atoms with E-state index in [1.807, 2.05) is 0 Å². The molecule has 10 nitrogen and oxygen atoms in total. The van der Waals surface area contributed by atoms with Crippen LogP contribution in [0.4, 0.5) is 5.69 Å². The van der Waals surface area contributed by atoms with Gasteiger partial charge in [-0.1, -0.05) is 0 Å². The van der Waals surface area contributed by atoms with Crippen molar-refractivity contribution in [2.45, 2.75) is 26.8 Å². The fraction of sp³-hybridized carbons (Fsp3) is 0.455. The number of nitrogens with one attached hydrogen (secondary N) is 2. The van der Waals surface area contributed by atoms with E-state index in [-0.39, 0.29) is 18.1 Å². The van der Waals surface area contributed by atoms with Gasteiger partial charge in [-0.3, -0.25) is 24.7 Å². The van der Waals surface area contributed by atoms with Gasteiger partial charge in [-0.25, -0.2) is 4.98 Å². The van der Waals surface area contributed by atoms with Gasteiger partial charge in [0.05, 0.1) is 4.92 Å². The molecule has 1 amide bonds. The second-order valence-electron chi connectivity index (χ2n) is 4.47. The first-order valence-electron chi connectivity index (χ1n) is 6.28. The Labute approximate surface area is 119 Å². The van der Waals surface area contributed by atoms with Crippen molar-refractivity contribution in [1.29, 1.82) is 0 Å². The summed E-state index contributed by atoms with van der Waals surface area (Å²) in [6.07, 6.45) is 1.93. The first-order valence-corrected chi connectivity index (χ1v) is 6.28. The number of aryl methyl sites for hydroxylation is 1. The Morgan fingerprint density at radius 3 is 2.86 bits per heavy atom. The lowest BCUT2D eigenvalue weighted by Gasteiger charge is -2.05. The highest BCUT2D eigenvalue weighted by Gasteiger charge is 2.22. The number of nitrogens with zero attached hydrogens (tertiary/aromatic N) is 5. The predicted molar refractivity (Wildman–Crippen MR) is 71.5 cm³/mol. The summed E-state index contributed by atoms with van der Waals surface area (Å²) >= 11 is 0. The van der Waals surface area contributed by atoms with Gasteiger partial charge in [-0.05, 0) is 13.8 Å². The number of nitro groups is 1. The smallest absolute Gasteiger partial charge is 0.312 e. The summed E-state index contributed by atoms with van der Waals surface area (Å²) in [7, 11) is 0. The molecule has 2 aromatic heterocycles. The summed E-state index contributed by atoms with van der Waals surface area (Å²) in [6, 6.07) is 0. The van der Waals surface area contributed by atoms with Gasteiger partial charge in [0.2, 0.25) is 5.91 Å². The number of rotatable bonds is 6.